The molecule has 5 nitrogen and oxygen atoms in total. The van der Waals surface area contributed by atoms with Gasteiger partial charge in [-0.25, -0.2) is 4.79 Å². The number of fused-ring (bicyclic) bond motifs is 1. The number of aliphatic carboxylic acids is 1. The first-order valence-electron chi connectivity index (χ1n) is 8.81. The topological polar surface area (TPSA) is 76.0 Å². The van der Waals surface area contributed by atoms with Crippen LogP contribution in [0, 0.1) is 5.92 Å². The smallest absolute Gasteiger partial charge is 0.460 e. The van der Waals surface area contributed by atoms with Crippen LogP contribution in [0.2, 0.25) is 0 Å². The molecule has 0 bridgehead atoms. The number of alkyl halides is 3. The first kappa shape index (κ1) is 21.1. The number of hydrogen-bond acceptors (Lipinski definition) is 4. The number of allylic oxidation sites excluding steroid dienone is 1. The molecule has 0 saturated carbocycles. The van der Waals surface area contributed by atoms with Gasteiger partial charge in [0.25, 0.3) is 0 Å². The van der Waals surface area contributed by atoms with E-state index in [9.17, 15) is 28.2 Å². The van der Waals surface area contributed by atoms with Gasteiger partial charge in [-0.2, -0.15) is 13.2 Å². The minimum Gasteiger partial charge on any atom is -0.508 e. The number of carbonyl (C=O) groups is 1. The molecule has 0 spiro atoms. The number of ether oxygens (including phenoxy) is 2. The van der Waals surface area contributed by atoms with E-state index in [-0.39, 0.29) is 41.6 Å². The molecular weight excluding hydrogens is 365 g/mol. The predicted molar refractivity (Wildman–Crippen MR) is 92.4 cm³/mol. The van der Waals surface area contributed by atoms with Crippen LogP contribution in [0.1, 0.15) is 45.6 Å². The van der Waals surface area contributed by atoms with Gasteiger partial charge in [0, 0.05) is 11.6 Å². The molecule has 1 heterocycles. The van der Waals surface area contributed by atoms with Gasteiger partial charge in [0.1, 0.15) is 17.1 Å². The summed E-state index contributed by atoms with van der Waals surface area (Å²) in [6.07, 6.45) is -3.96. The molecule has 1 aliphatic rings. The quantitative estimate of drug-likeness (QED) is 0.705. The monoisotopic (exact) mass is 388 g/mol. The summed E-state index contributed by atoms with van der Waals surface area (Å²) >= 11 is 0. The fourth-order valence-corrected chi connectivity index (χ4v) is 3.16. The lowest BCUT2D eigenvalue weighted by molar-refractivity contribution is -0.336. The van der Waals surface area contributed by atoms with E-state index in [4.69, 9.17) is 9.47 Å². The third kappa shape index (κ3) is 3.76. The Labute approximate surface area is 155 Å². The summed E-state index contributed by atoms with van der Waals surface area (Å²) in [6, 6.07) is 3.64. The normalized spacial score (nSPS) is 19.8. The van der Waals surface area contributed by atoms with Crippen LogP contribution in [0.4, 0.5) is 13.2 Å². The maximum atomic E-state index is 14.2. The summed E-state index contributed by atoms with van der Waals surface area (Å²) in [5.74, 6) is -5.93. The molecule has 0 aliphatic carbocycles. The van der Waals surface area contributed by atoms with E-state index < -0.39 is 23.5 Å². The first-order chi connectivity index (χ1) is 12.6. The molecule has 0 fully saturated rings. The fourth-order valence-electron chi connectivity index (χ4n) is 3.16. The standard InChI is InChI=1S/C19H23F3O5/c1-4-11(5-2)10-26-18(19(20,21)22)16(17(24)25)13(6-3)14-8-7-12(23)9-15(14)27-18/h7-9,11,23H,4-6,10H2,1-3H3,(H,24,25). The average Bonchev–Trinajstić information content (AvgIpc) is 2.59. The molecule has 2 N–H and O–H groups in total. The second-order valence-electron chi connectivity index (χ2n) is 6.40. The Bertz CT molecular complexity index is 737. The Balaban J connectivity index is 2.71. The minimum absolute atomic E-state index is 0.0228. The molecule has 1 unspecified atom stereocenters. The molecule has 1 aliphatic heterocycles. The number of rotatable bonds is 7. The Morgan fingerprint density at radius 1 is 1.26 bits per heavy atom. The molecule has 1 atom stereocenters. The van der Waals surface area contributed by atoms with Gasteiger partial charge >= 0.3 is 17.9 Å². The highest BCUT2D eigenvalue weighted by atomic mass is 19.4. The second-order valence-corrected chi connectivity index (χ2v) is 6.40. The van der Waals surface area contributed by atoms with Crippen molar-refractivity contribution >= 4 is 11.5 Å². The lowest BCUT2D eigenvalue weighted by Crippen LogP contribution is -2.58. The number of hydrogen-bond donors (Lipinski definition) is 2. The number of carboxylic acids is 1. The summed E-state index contributed by atoms with van der Waals surface area (Å²) in [6.45, 7) is 4.88. The van der Waals surface area contributed by atoms with Crippen molar-refractivity contribution < 1.29 is 37.7 Å². The Morgan fingerprint density at radius 3 is 2.37 bits per heavy atom. The third-order valence-electron chi connectivity index (χ3n) is 4.79. The molecule has 0 amide bonds. The lowest BCUT2D eigenvalue weighted by atomic mass is 9.88. The zero-order chi connectivity index (χ0) is 20.4. The van der Waals surface area contributed by atoms with Gasteiger partial charge in [-0.1, -0.05) is 33.6 Å². The van der Waals surface area contributed by atoms with Crippen LogP contribution >= 0.6 is 0 Å². The first-order valence-corrected chi connectivity index (χ1v) is 8.81. The van der Waals surface area contributed by atoms with Gasteiger partial charge in [0.15, 0.2) is 0 Å². The van der Waals surface area contributed by atoms with Crippen molar-refractivity contribution in [2.45, 2.75) is 52.0 Å². The molecule has 0 saturated heterocycles. The predicted octanol–water partition coefficient (Wildman–Crippen LogP) is 4.74. The van der Waals surface area contributed by atoms with Crippen molar-refractivity contribution in [3.8, 4) is 11.5 Å². The molecule has 0 aromatic heterocycles. The van der Waals surface area contributed by atoms with Gasteiger partial charge in [-0.05, 0) is 30.0 Å². The minimum atomic E-state index is -5.14. The molecule has 27 heavy (non-hydrogen) atoms. The van der Waals surface area contributed by atoms with Crippen LogP contribution in [0.15, 0.2) is 23.8 Å². The van der Waals surface area contributed by atoms with Crippen molar-refractivity contribution in [2.24, 2.45) is 5.92 Å². The average molecular weight is 388 g/mol. The van der Waals surface area contributed by atoms with Gasteiger partial charge in [-0.15, -0.1) is 0 Å². The molecule has 0 radical (unpaired) electrons. The van der Waals surface area contributed by atoms with E-state index in [0.717, 1.165) is 6.07 Å². The van der Waals surface area contributed by atoms with Crippen LogP contribution in [0.3, 0.4) is 0 Å². The van der Waals surface area contributed by atoms with Crippen molar-refractivity contribution in [1.29, 1.82) is 0 Å². The van der Waals surface area contributed by atoms with Gasteiger partial charge in [-0.3, -0.25) is 0 Å². The number of phenols is 1. The molecule has 1 aromatic carbocycles. The van der Waals surface area contributed by atoms with Crippen molar-refractivity contribution in [3.63, 3.8) is 0 Å². The number of phenolic OH excluding ortho intramolecular Hbond substituents is 1. The summed E-state index contributed by atoms with van der Waals surface area (Å²) in [5.41, 5.74) is -0.814. The number of carboxylic acid groups (broad SMARTS) is 1. The van der Waals surface area contributed by atoms with Crippen molar-refractivity contribution in [2.75, 3.05) is 6.61 Å². The van der Waals surface area contributed by atoms with Crippen LogP contribution < -0.4 is 4.74 Å². The maximum absolute atomic E-state index is 14.2. The molecule has 8 heteroatoms. The zero-order valence-electron chi connectivity index (χ0n) is 15.4. The van der Waals surface area contributed by atoms with E-state index in [1.165, 1.54) is 12.1 Å². The Morgan fingerprint density at radius 2 is 1.89 bits per heavy atom. The summed E-state index contributed by atoms with van der Waals surface area (Å²) in [4.78, 5) is 11.9. The van der Waals surface area contributed by atoms with Crippen LogP contribution in [0.5, 0.6) is 11.5 Å². The van der Waals surface area contributed by atoms with Gasteiger partial charge < -0.3 is 19.7 Å². The van der Waals surface area contributed by atoms with E-state index in [1.54, 1.807) is 6.92 Å². The highest BCUT2D eigenvalue weighted by Crippen LogP contribution is 2.50. The Hall–Kier alpha value is -2.22. The molecular formula is C19H23F3O5. The third-order valence-corrected chi connectivity index (χ3v) is 4.79. The largest absolute Gasteiger partial charge is 0.508 e. The van der Waals surface area contributed by atoms with Gasteiger partial charge in [0.2, 0.25) is 0 Å². The lowest BCUT2D eigenvalue weighted by Gasteiger charge is -2.41. The van der Waals surface area contributed by atoms with E-state index in [1.807, 2.05) is 13.8 Å². The molecule has 150 valence electrons. The number of benzene rings is 1. The summed E-state index contributed by atoms with van der Waals surface area (Å²) in [5, 5.41) is 19.3. The van der Waals surface area contributed by atoms with Crippen LogP contribution in [0.25, 0.3) is 5.57 Å². The Kier molecular flexibility index (Phi) is 6.09. The van der Waals surface area contributed by atoms with E-state index in [0.29, 0.717) is 12.8 Å². The van der Waals surface area contributed by atoms with Crippen molar-refractivity contribution in [3.05, 3.63) is 29.3 Å². The number of aromatic hydroxyl groups is 1. The maximum Gasteiger partial charge on any atom is 0.460 e. The van der Waals surface area contributed by atoms with E-state index >= 15 is 0 Å². The second kappa shape index (κ2) is 7.80. The zero-order valence-corrected chi connectivity index (χ0v) is 15.4. The van der Waals surface area contributed by atoms with Crippen LogP contribution in [-0.4, -0.2) is 34.8 Å². The van der Waals surface area contributed by atoms with E-state index in [2.05, 4.69) is 0 Å². The van der Waals surface area contributed by atoms with Crippen LogP contribution in [-0.2, 0) is 9.53 Å². The molecule has 2 rings (SSSR count). The number of halogens is 3. The van der Waals surface area contributed by atoms with Gasteiger partial charge in [0.05, 0.1) is 6.61 Å². The fraction of sp³-hybridized carbons (Fsp3) is 0.526. The van der Waals surface area contributed by atoms with Crippen molar-refractivity contribution in [1.82, 2.24) is 0 Å². The SMILES string of the molecule is CCC1=C(C(=O)O)C(OCC(CC)CC)(C(F)(F)F)Oc2cc(O)ccc21. The summed E-state index contributed by atoms with van der Waals surface area (Å²) in [7, 11) is 0. The molecule has 1 aromatic rings. The summed E-state index contributed by atoms with van der Waals surface area (Å²) < 4.78 is 52.9. The highest BCUT2D eigenvalue weighted by molar-refractivity contribution is 6.00. The highest BCUT2D eigenvalue weighted by Gasteiger charge is 2.66.